The van der Waals surface area contributed by atoms with Crippen molar-refractivity contribution in [2.45, 2.75) is 45.3 Å². The van der Waals surface area contributed by atoms with Crippen molar-refractivity contribution in [1.29, 1.82) is 0 Å². The third-order valence-corrected chi connectivity index (χ3v) is 7.57. The van der Waals surface area contributed by atoms with Crippen LogP contribution in [0.25, 0.3) is 0 Å². The van der Waals surface area contributed by atoms with Crippen LogP contribution in [0.3, 0.4) is 0 Å². The SMILES string of the molecule is O=C(NCc1cc2n(n1)CCCO2)N1CCCC2(CCN(Cc3ccc(Cl)c(Cl)c3)C2)C1. The molecule has 2 aromatic rings. The zero-order chi connectivity index (χ0) is 22.1. The van der Waals surface area contributed by atoms with Crippen LogP contribution in [-0.2, 0) is 19.6 Å². The summed E-state index contributed by atoms with van der Waals surface area (Å²) in [5.74, 6) is 0.797. The number of halogens is 2. The fourth-order valence-electron chi connectivity index (χ4n) is 5.26. The van der Waals surface area contributed by atoms with E-state index in [1.54, 1.807) is 0 Å². The van der Waals surface area contributed by atoms with Gasteiger partial charge in [0.15, 0.2) is 0 Å². The number of aryl methyl sites for hydroxylation is 1. The Kier molecular flexibility index (Phi) is 6.23. The summed E-state index contributed by atoms with van der Waals surface area (Å²) >= 11 is 12.2. The number of piperidine rings is 1. The molecule has 172 valence electrons. The molecule has 1 atom stereocenters. The van der Waals surface area contributed by atoms with E-state index in [1.165, 1.54) is 12.0 Å². The number of urea groups is 1. The molecule has 0 bridgehead atoms. The minimum absolute atomic E-state index is 0.00102. The van der Waals surface area contributed by atoms with Gasteiger partial charge in [-0.1, -0.05) is 29.3 Å². The van der Waals surface area contributed by atoms with Crippen molar-refractivity contribution in [3.8, 4) is 5.88 Å². The van der Waals surface area contributed by atoms with Gasteiger partial charge in [0.25, 0.3) is 0 Å². The van der Waals surface area contributed by atoms with Crippen LogP contribution in [0.1, 0.15) is 36.9 Å². The Hall–Kier alpha value is -1.96. The maximum Gasteiger partial charge on any atom is 0.317 e. The Bertz CT molecular complexity index is 973. The second kappa shape index (κ2) is 9.12. The summed E-state index contributed by atoms with van der Waals surface area (Å²) in [5, 5.41) is 8.78. The summed E-state index contributed by atoms with van der Waals surface area (Å²) in [5.41, 5.74) is 2.19. The molecule has 1 unspecified atom stereocenters. The fourth-order valence-corrected chi connectivity index (χ4v) is 5.58. The van der Waals surface area contributed by atoms with Gasteiger partial charge >= 0.3 is 6.03 Å². The number of amides is 2. The minimum atomic E-state index is -0.00102. The number of likely N-dealkylation sites (tertiary alicyclic amines) is 2. The Morgan fingerprint density at radius 1 is 1.09 bits per heavy atom. The summed E-state index contributed by atoms with van der Waals surface area (Å²) in [6.45, 7) is 6.54. The van der Waals surface area contributed by atoms with E-state index in [2.05, 4.69) is 15.3 Å². The number of fused-ring (bicyclic) bond motifs is 1. The van der Waals surface area contributed by atoms with Gasteiger partial charge in [-0.3, -0.25) is 4.90 Å². The van der Waals surface area contributed by atoms with Gasteiger partial charge in [-0.25, -0.2) is 9.48 Å². The average molecular weight is 478 g/mol. The van der Waals surface area contributed by atoms with Gasteiger partial charge in [-0.15, -0.1) is 0 Å². The number of hydrogen-bond acceptors (Lipinski definition) is 4. The van der Waals surface area contributed by atoms with Crippen LogP contribution in [0.5, 0.6) is 5.88 Å². The van der Waals surface area contributed by atoms with E-state index >= 15 is 0 Å². The third kappa shape index (κ3) is 4.70. The van der Waals surface area contributed by atoms with E-state index in [0.717, 1.165) is 76.7 Å². The van der Waals surface area contributed by atoms with Crippen molar-refractivity contribution < 1.29 is 9.53 Å². The molecule has 2 amide bonds. The quantitative estimate of drug-likeness (QED) is 0.717. The number of carbonyl (C=O) groups is 1. The number of nitrogens with zero attached hydrogens (tertiary/aromatic N) is 4. The molecule has 2 fully saturated rings. The van der Waals surface area contributed by atoms with Gasteiger partial charge in [-0.05, 0) is 43.5 Å². The fraction of sp³-hybridized carbons (Fsp3) is 0.565. The standard InChI is InChI=1S/C23H29Cl2N5O2/c24-19-4-3-17(11-20(19)25)14-28-9-6-23(15-28)5-1-7-29(16-23)22(31)26-13-18-12-21-30(27-18)8-2-10-32-21/h3-4,11-12H,1-2,5-10,13-16H2,(H,26,31). The monoisotopic (exact) mass is 477 g/mol. The maximum absolute atomic E-state index is 12.9. The molecule has 1 N–H and O–H groups in total. The normalized spacial score (nSPS) is 23.2. The lowest BCUT2D eigenvalue weighted by atomic mass is 9.79. The van der Waals surface area contributed by atoms with Gasteiger partial charge in [0.2, 0.25) is 5.88 Å². The second-order valence-corrected chi connectivity index (χ2v) is 10.1. The molecule has 1 aromatic heterocycles. The van der Waals surface area contributed by atoms with Gasteiger partial charge in [0, 0.05) is 50.6 Å². The van der Waals surface area contributed by atoms with Crippen LogP contribution in [0.15, 0.2) is 24.3 Å². The molecule has 3 aliphatic heterocycles. The first-order valence-electron chi connectivity index (χ1n) is 11.4. The number of benzene rings is 1. The molecule has 7 nitrogen and oxygen atoms in total. The molecule has 1 aromatic carbocycles. The predicted molar refractivity (Wildman–Crippen MR) is 124 cm³/mol. The molecule has 4 heterocycles. The number of nitrogens with one attached hydrogen (secondary N) is 1. The van der Waals surface area contributed by atoms with Gasteiger partial charge in [0.1, 0.15) is 0 Å². The zero-order valence-corrected chi connectivity index (χ0v) is 19.7. The van der Waals surface area contributed by atoms with Crippen LogP contribution in [-0.4, -0.2) is 58.4 Å². The Morgan fingerprint density at radius 3 is 2.84 bits per heavy atom. The summed E-state index contributed by atoms with van der Waals surface area (Å²) in [6, 6.07) is 7.78. The highest BCUT2D eigenvalue weighted by Gasteiger charge is 2.42. The van der Waals surface area contributed by atoms with E-state index in [-0.39, 0.29) is 11.4 Å². The van der Waals surface area contributed by atoms with Crippen molar-refractivity contribution >= 4 is 29.2 Å². The smallest absolute Gasteiger partial charge is 0.317 e. The number of rotatable bonds is 4. The molecular weight excluding hydrogens is 449 g/mol. The topological polar surface area (TPSA) is 62.6 Å². The summed E-state index contributed by atoms with van der Waals surface area (Å²) < 4.78 is 7.49. The first kappa shape index (κ1) is 21.9. The molecule has 9 heteroatoms. The molecule has 2 saturated heterocycles. The van der Waals surface area contributed by atoms with Crippen LogP contribution >= 0.6 is 23.2 Å². The summed E-state index contributed by atoms with van der Waals surface area (Å²) in [6.07, 6.45) is 4.29. The lowest BCUT2D eigenvalue weighted by Crippen LogP contribution is -2.50. The van der Waals surface area contributed by atoms with Crippen LogP contribution < -0.4 is 10.1 Å². The van der Waals surface area contributed by atoms with E-state index in [1.807, 2.05) is 33.8 Å². The van der Waals surface area contributed by atoms with Crippen LogP contribution in [0, 0.1) is 5.41 Å². The Labute approximate surface area is 198 Å². The van der Waals surface area contributed by atoms with Crippen molar-refractivity contribution in [2.24, 2.45) is 5.41 Å². The molecular formula is C23H29Cl2N5O2. The van der Waals surface area contributed by atoms with Gasteiger partial charge in [-0.2, -0.15) is 5.10 Å². The average Bonchev–Trinajstić information content (AvgIpc) is 3.38. The van der Waals surface area contributed by atoms with Crippen LogP contribution in [0.2, 0.25) is 10.0 Å². The molecule has 3 aliphatic rings. The van der Waals surface area contributed by atoms with Crippen molar-refractivity contribution in [2.75, 3.05) is 32.8 Å². The van der Waals surface area contributed by atoms with E-state index in [0.29, 0.717) is 16.6 Å². The van der Waals surface area contributed by atoms with Crippen molar-refractivity contribution in [3.63, 3.8) is 0 Å². The highest BCUT2D eigenvalue weighted by Crippen LogP contribution is 2.39. The second-order valence-electron chi connectivity index (χ2n) is 9.29. The summed E-state index contributed by atoms with van der Waals surface area (Å²) in [7, 11) is 0. The zero-order valence-electron chi connectivity index (χ0n) is 18.2. The van der Waals surface area contributed by atoms with E-state index < -0.39 is 0 Å². The number of aromatic nitrogens is 2. The van der Waals surface area contributed by atoms with Crippen LogP contribution in [0.4, 0.5) is 4.79 Å². The Balaban J connectivity index is 1.15. The first-order valence-corrected chi connectivity index (χ1v) is 12.1. The van der Waals surface area contributed by atoms with E-state index in [4.69, 9.17) is 27.9 Å². The van der Waals surface area contributed by atoms with Crippen molar-refractivity contribution in [3.05, 3.63) is 45.6 Å². The molecule has 5 rings (SSSR count). The molecule has 1 spiro atoms. The first-order chi connectivity index (χ1) is 15.5. The van der Waals surface area contributed by atoms with Crippen molar-refractivity contribution in [1.82, 2.24) is 24.9 Å². The largest absolute Gasteiger partial charge is 0.478 e. The molecule has 0 aliphatic carbocycles. The number of carbonyl (C=O) groups excluding carboxylic acids is 1. The van der Waals surface area contributed by atoms with E-state index in [9.17, 15) is 4.79 Å². The summed E-state index contributed by atoms with van der Waals surface area (Å²) in [4.78, 5) is 17.4. The predicted octanol–water partition coefficient (Wildman–Crippen LogP) is 4.17. The number of hydrogen-bond donors (Lipinski definition) is 1. The molecule has 0 radical (unpaired) electrons. The third-order valence-electron chi connectivity index (χ3n) is 6.83. The maximum atomic E-state index is 12.9. The highest BCUT2D eigenvalue weighted by atomic mass is 35.5. The number of ether oxygens (including phenoxy) is 1. The lowest BCUT2D eigenvalue weighted by molar-refractivity contribution is 0.107. The molecule has 32 heavy (non-hydrogen) atoms. The Morgan fingerprint density at radius 2 is 2.00 bits per heavy atom. The highest BCUT2D eigenvalue weighted by molar-refractivity contribution is 6.42. The van der Waals surface area contributed by atoms with Gasteiger partial charge < -0.3 is 15.0 Å². The minimum Gasteiger partial charge on any atom is -0.478 e. The molecule has 0 saturated carbocycles. The van der Waals surface area contributed by atoms with Gasteiger partial charge in [0.05, 0.1) is 28.9 Å². The lowest BCUT2D eigenvalue weighted by Gasteiger charge is -2.40.